The van der Waals surface area contributed by atoms with Crippen LogP contribution < -0.4 is 0 Å². The van der Waals surface area contributed by atoms with E-state index in [9.17, 15) is 26.3 Å². The zero-order valence-corrected chi connectivity index (χ0v) is 7.63. The van der Waals surface area contributed by atoms with Crippen LogP contribution in [0.4, 0.5) is 26.3 Å². The van der Waals surface area contributed by atoms with Gasteiger partial charge >= 0.3 is 6.18 Å². The Morgan fingerprint density at radius 2 is 1.67 bits per heavy atom. The maximum Gasteiger partial charge on any atom is 0.416 e. The zero-order chi connectivity index (χ0) is 11.8. The number of rotatable bonds is 1. The van der Waals surface area contributed by atoms with Crippen molar-refractivity contribution in [1.29, 1.82) is 0 Å². The van der Waals surface area contributed by atoms with E-state index < -0.39 is 34.6 Å². The fourth-order valence-corrected chi connectivity index (χ4v) is 1.25. The zero-order valence-electron chi connectivity index (χ0n) is 6.88. The third-order valence-corrected chi connectivity index (χ3v) is 1.94. The SMILES string of the molecule is Fc1cc(C(F)(F)F)cc(Cl)c1C(F)F. The molecule has 0 aromatic heterocycles. The van der Waals surface area contributed by atoms with Gasteiger partial charge in [-0.15, -0.1) is 0 Å². The van der Waals surface area contributed by atoms with Crippen molar-refractivity contribution >= 4 is 11.6 Å². The van der Waals surface area contributed by atoms with Gasteiger partial charge in [0.2, 0.25) is 0 Å². The minimum Gasteiger partial charge on any atom is -0.206 e. The number of hydrogen-bond acceptors (Lipinski definition) is 0. The second-order valence-electron chi connectivity index (χ2n) is 2.65. The van der Waals surface area contributed by atoms with Gasteiger partial charge in [0.15, 0.2) is 0 Å². The molecule has 0 radical (unpaired) electrons. The molecule has 0 saturated carbocycles. The quantitative estimate of drug-likeness (QED) is 0.645. The molecule has 0 saturated heterocycles. The predicted octanol–water partition coefficient (Wildman–Crippen LogP) is 4.44. The summed E-state index contributed by atoms with van der Waals surface area (Å²) in [6, 6.07) is 0.263. The van der Waals surface area contributed by atoms with Crippen molar-refractivity contribution in [3.8, 4) is 0 Å². The van der Waals surface area contributed by atoms with Gasteiger partial charge in [-0.2, -0.15) is 13.2 Å². The van der Waals surface area contributed by atoms with Gasteiger partial charge in [-0.25, -0.2) is 13.2 Å². The molecule has 0 aliphatic carbocycles. The molecule has 0 unspecified atom stereocenters. The van der Waals surface area contributed by atoms with Crippen LogP contribution in [-0.2, 0) is 6.18 Å². The number of hydrogen-bond donors (Lipinski definition) is 0. The number of alkyl halides is 5. The molecule has 0 bridgehead atoms. The van der Waals surface area contributed by atoms with Crippen LogP contribution >= 0.6 is 11.6 Å². The smallest absolute Gasteiger partial charge is 0.206 e. The number of halogens is 7. The normalized spacial score (nSPS) is 12.3. The van der Waals surface area contributed by atoms with Crippen molar-refractivity contribution < 1.29 is 26.3 Å². The topological polar surface area (TPSA) is 0 Å². The van der Waals surface area contributed by atoms with Gasteiger partial charge in [-0.3, -0.25) is 0 Å². The van der Waals surface area contributed by atoms with Crippen molar-refractivity contribution in [1.82, 2.24) is 0 Å². The van der Waals surface area contributed by atoms with Crippen molar-refractivity contribution in [2.24, 2.45) is 0 Å². The third-order valence-electron chi connectivity index (χ3n) is 1.62. The lowest BCUT2D eigenvalue weighted by molar-refractivity contribution is -0.137. The van der Waals surface area contributed by atoms with Gasteiger partial charge in [0.25, 0.3) is 6.43 Å². The summed E-state index contributed by atoms with van der Waals surface area (Å²) in [6.45, 7) is 0. The highest BCUT2D eigenvalue weighted by molar-refractivity contribution is 6.31. The minimum atomic E-state index is -4.81. The van der Waals surface area contributed by atoms with Crippen LogP contribution in [0.1, 0.15) is 17.6 Å². The monoisotopic (exact) mass is 248 g/mol. The Bertz CT molecular complexity index is 347. The molecular formula is C8H3ClF6. The van der Waals surface area contributed by atoms with Crippen LogP contribution in [0.2, 0.25) is 5.02 Å². The maximum atomic E-state index is 12.8. The van der Waals surface area contributed by atoms with Crippen LogP contribution in [0, 0.1) is 5.82 Å². The summed E-state index contributed by atoms with van der Waals surface area (Å²) < 4.78 is 73.3. The van der Waals surface area contributed by atoms with Crippen LogP contribution in [-0.4, -0.2) is 0 Å². The fourth-order valence-electron chi connectivity index (χ4n) is 0.956. The second kappa shape index (κ2) is 3.92. The Balaban J connectivity index is 3.32. The van der Waals surface area contributed by atoms with Gasteiger partial charge in [0.1, 0.15) is 5.82 Å². The van der Waals surface area contributed by atoms with E-state index in [2.05, 4.69) is 0 Å². The maximum absolute atomic E-state index is 12.8. The van der Waals surface area contributed by atoms with E-state index >= 15 is 0 Å². The highest BCUT2D eigenvalue weighted by atomic mass is 35.5. The van der Waals surface area contributed by atoms with Gasteiger partial charge in [-0.05, 0) is 12.1 Å². The summed E-state index contributed by atoms with van der Waals surface area (Å²) in [7, 11) is 0. The molecule has 0 spiro atoms. The summed E-state index contributed by atoms with van der Waals surface area (Å²) in [5, 5.41) is -0.933. The first-order chi connectivity index (χ1) is 6.73. The van der Waals surface area contributed by atoms with E-state index in [1.54, 1.807) is 0 Å². The third kappa shape index (κ3) is 2.56. The van der Waals surface area contributed by atoms with E-state index in [1.165, 1.54) is 0 Å². The standard InChI is InChI=1S/C8H3ClF6/c9-4-1-3(8(13,14)15)2-5(10)6(4)7(11)12/h1-2,7H. The molecule has 1 rings (SSSR count). The molecule has 0 nitrogen and oxygen atoms in total. The second-order valence-corrected chi connectivity index (χ2v) is 3.06. The fraction of sp³-hybridized carbons (Fsp3) is 0.250. The summed E-state index contributed by atoms with van der Waals surface area (Å²) in [5.41, 5.74) is -2.61. The molecule has 0 aliphatic heterocycles. The Morgan fingerprint density at radius 3 is 2.00 bits per heavy atom. The highest BCUT2D eigenvalue weighted by Crippen LogP contribution is 2.36. The summed E-state index contributed by atoms with van der Waals surface area (Å²) >= 11 is 5.12. The Morgan fingerprint density at radius 1 is 1.13 bits per heavy atom. The lowest BCUT2D eigenvalue weighted by Crippen LogP contribution is -2.07. The first-order valence-corrected chi connectivity index (χ1v) is 3.95. The van der Waals surface area contributed by atoms with E-state index in [4.69, 9.17) is 11.6 Å². The highest BCUT2D eigenvalue weighted by Gasteiger charge is 2.33. The number of benzene rings is 1. The summed E-state index contributed by atoms with van der Waals surface area (Å²) in [4.78, 5) is 0. The van der Waals surface area contributed by atoms with E-state index in [-0.39, 0.29) is 12.1 Å². The molecule has 1 aromatic carbocycles. The van der Waals surface area contributed by atoms with Crippen molar-refractivity contribution in [2.45, 2.75) is 12.6 Å². The van der Waals surface area contributed by atoms with Crippen LogP contribution in [0.25, 0.3) is 0 Å². The molecule has 1 aromatic rings. The van der Waals surface area contributed by atoms with E-state index in [0.29, 0.717) is 0 Å². The van der Waals surface area contributed by atoms with E-state index in [1.807, 2.05) is 0 Å². The summed E-state index contributed by atoms with van der Waals surface area (Å²) in [5.74, 6) is -1.66. The first-order valence-electron chi connectivity index (χ1n) is 3.57. The lowest BCUT2D eigenvalue weighted by Gasteiger charge is -2.10. The van der Waals surface area contributed by atoms with E-state index in [0.717, 1.165) is 0 Å². The van der Waals surface area contributed by atoms with Gasteiger partial charge in [0, 0.05) is 0 Å². The molecule has 0 aliphatic rings. The minimum absolute atomic E-state index is 0.00657. The Kier molecular flexibility index (Phi) is 3.18. The molecular weight excluding hydrogens is 246 g/mol. The largest absolute Gasteiger partial charge is 0.416 e. The van der Waals surface area contributed by atoms with Crippen LogP contribution in [0.15, 0.2) is 12.1 Å². The Labute approximate surface area is 85.5 Å². The first kappa shape index (κ1) is 12.2. The molecule has 0 atom stereocenters. The molecule has 84 valence electrons. The molecule has 0 amide bonds. The average Bonchev–Trinajstić information content (AvgIpc) is 1.99. The van der Waals surface area contributed by atoms with Crippen LogP contribution in [0.3, 0.4) is 0 Å². The lowest BCUT2D eigenvalue weighted by atomic mass is 10.1. The predicted molar refractivity (Wildman–Crippen MR) is 41.4 cm³/mol. The van der Waals surface area contributed by atoms with Crippen molar-refractivity contribution in [3.05, 3.63) is 34.1 Å². The van der Waals surface area contributed by atoms with Gasteiger partial charge in [0.05, 0.1) is 16.1 Å². The average molecular weight is 249 g/mol. The van der Waals surface area contributed by atoms with Crippen molar-refractivity contribution in [2.75, 3.05) is 0 Å². The van der Waals surface area contributed by atoms with Gasteiger partial charge < -0.3 is 0 Å². The van der Waals surface area contributed by atoms with Crippen molar-refractivity contribution in [3.63, 3.8) is 0 Å². The Hall–Kier alpha value is -0.910. The molecule has 0 heterocycles. The molecule has 0 N–H and O–H groups in total. The molecule has 15 heavy (non-hydrogen) atoms. The molecule has 7 heteroatoms. The van der Waals surface area contributed by atoms with Crippen LogP contribution in [0.5, 0.6) is 0 Å². The molecule has 0 fully saturated rings. The van der Waals surface area contributed by atoms with Gasteiger partial charge in [-0.1, -0.05) is 11.6 Å². The summed E-state index contributed by atoms with van der Waals surface area (Å²) in [6.07, 6.45) is -8.06.